The van der Waals surface area contributed by atoms with Crippen molar-refractivity contribution in [3.63, 3.8) is 0 Å². The summed E-state index contributed by atoms with van der Waals surface area (Å²) < 4.78 is 59.9. The normalized spacial score (nSPS) is 17.4. The number of aromatic nitrogens is 3. The van der Waals surface area contributed by atoms with Crippen LogP contribution in [0.2, 0.25) is 0 Å². The zero-order valence-corrected chi connectivity index (χ0v) is 33.3. The predicted molar refractivity (Wildman–Crippen MR) is 210 cm³/mol. The molecule has 26 heteroatoms. The lowest BCUT2D eigenvalue weighted by molar-refractivity contribution is -0.0202. The van der Waals surface area contributed by atoms with E-state index >= 15 is 0 Å². The van der Waals surface area contributed by atoms with Crippen LogP contribution < -0.4 is 22.0 Å². The number of nitrogens with two attached hydrogens (primary N) is 1. The first-order valence-corrected chi connectivity index (χ1v) is 21.9. The lowest BCUT2D eigenvalue weighted by atomic mass is 9.90. The fraction of sp³-hybridized carbons (Fsp3) is 0.171. The second-order valence-corrected chi connectivity index (χ2v) is 17.6. The molecule has 2 unspecified atom stereocenters. The molecule has 0 radical (unpaired) electrons. The lowest BCUT2D eigenvalue weighted by Crippen LogP contribution is -2.24. The number of phenolic OH excluding ortho intramolecular Hbond substituents is 1. The number of nitrogens with zero attached hydrogens (tertiary/aromatic N) is 2. The number of carbonyl (C=O) groups excluding carboxylic acids is 1. The van der Waals surface area contributed by atoms with E-state index in [0.29, 0.717) is 16.5 Å². The Hall–Kier alpha value is -5.98. The fourth-order valence-electron chi connectivity index (χ4n) is 6.58. The summed E-state index contributed by atoms with van der Waals surface area (Å²) >= 11 is 0. The maximum Gasteiger partial charge on any atom is 0.490 e. The van der Waals surface area contributed by atoms with Crippen molar-refractivity contribution >= 4 is 63.3 Å². The number of phenols is 1. The third-order valence-electron chi connectivity index (χ3n) is 8.95. The monoisotopic (exact) mass is 901 g/mol. The van der Waals surface area contributed by atoms with Gasteiger partial charge in [0.2, 0.25) is 5.95 Å². The molecule has 4 aromatic rings. The predicted octanol–water partition coefficient (Wildman–Crippen LogP) is 3.39. The summed E-state index contributed by atoms with van der Waals surface area (Å²) in [4.78, 5) is 94.1. The highest BCUT2D eigenvalue weighted by Crippen LogP contribution is 2.66. The van der Waals surface area contributed by atoms with Gasteiger partial charge in [-0.15, -0.1) is 0 Å². The number of rotatable bonds is 12. The number of carbonyl (C=O) groups is 2. The summed E-state index contributed by atoms with van der Waals surface area (Å²) in [6, 6.07) is 12.3. The van der Waals surface area contributed by atoms with Crippen LogP contribution in [-0.4, -0.2) is 75.5 Å². The number of aromatic amines is 1. The molecular formula is C35H30N5O18P3. The molecule has 2 aromatic carbocycles. The Balaban J connectivity index is 1.08. The van der Waals surface area contributed by atoms with Crippen molar-refractivity contribution in [3.8, 4) is 40.0 Å². The SMILES string of the molecule is Nc1nc2c(c(C#CCNC(=O)c3ccc(-c4c5ccc(=O)cc-5oc5cc(O)ccc45)c(C(=O)O)c3)cn2[C@H]2CC[C@@H](COP(=O)(O)OP(=O)(O)OP(=O)(O)O)O2)c(=O)[nH]1. The van der Waals surface area contributed by atoms with E-state index in [0.717, 1.165) is 0 Å². The Bertz CT molecular complexity index is 3070. The van der Waals surface area contributed by atoms with Gasteiger partial charge in [-0.1, -0.05) is 17.9 Å². The molecule has 10 N–H and O–H groups in total. The van der Waals surface area contributed by atoms with Crippen LogP contribution in [0, 0.1) is 11.8 Å². The van der Waals surface area contributed by atoms with Gasteiger partial charge in [-0.25, -0.2) is 18.5 Å². The van der Waals surface area contributed by atoms with E-state index in [2.05, 4.69) is 40.3 Å². The standard InChI is InChI=1S/C35H30N5O18P3/c36-35-38-31-29(33(44)39-35)18(15-40(31)28-10-6-21(55-28)16-54-60(50,51)58-61(52,53)57-59(47,48)49)2-1-11-37-32(43)17-3-7-22(25(12-17)34(45)46)30-23-8-4-19(41)13-26(23)56-27-14-20(42)5-9-24(27)30/h3-5,7-9,12-15,21,28,41H,6,10-11,16H2,(H,37,43)(H,45,46)(H,50,51)(H,52,53)(H2,47,48,49)(H3,36,38,39,44)/t21-,28+/m0/s1. The molecule has 61 heavy (non-hydrogen) atoms. The summed E-state index contributed by atoms with van der Waals surface area (Å²) in [6.45, 7) is -0.987. The van der Waals surface area contributed by atoms with Crippen molar-refractivity contribution in [1.29, 1.82) is 0 Å². The van der Waals surface area contributed by atoms with Crippen molar-refractivity contribution in [2.24, 2.45) is 0 Å². The first-order valence-electron chi connectivity index (χ1n) is 17.4. The first kappa shape index (κ1) is 43.1. The lowest BCUT2D eigenvalue weighted by Gasteiger charge is -2.19. The molecule has 0 saturated carbocycles. The number of phosphoric ester groups is 1. The number of amides is 1. The molecular weight excluding hydrogens is 871 g/mol. The molecule has 1 fully saturated rings. The average molecular weight is 902 g/mol. The molecule has 2 aromatic heterocycles. The minimum absolute atomic E-state index is 0.00882. The van der Waals surface area contributed by atoms with Crippen molar-refractivity contribution in [2.45, 2.75) is 25.2 Å². The molecule has 0 bridgehead atoms. The molecule has 7 rings (SSSR count). The Kier molecular flexibility index (Phi) is 11.6. The number of aromatic hydroxyl groups is 1. The second-order valence-electron chi connectivity index (χ2n) is 13.1. The molecule has 23 nitrogen and oxygen atoms in total. The number of fused-ring (bicyclic) bond motifs is 3. The number of hydrogen-bond acceptors (Lipinski definition) is 15. The van der Waals surface area contributed by atoms with Crippen LogP contribution in [0.3, 0.4) is 0 Å². The van der Waals surface area contributed by atoms with Gasteiger partial charge < -0.3 is 54.6 Å². The van der Waals surface area contributed by atoms with Gasteiger partial charge in [-0.2, -0.15) is 13.6 Å². The minimum atomic E-state index is -5.73. The van der Waals surface area contributed by atoms with Crippen LogP contribution in [0.1, 0.15) is 45.3 Å². The highest BCUT2D eigenvalue weighted by molar-refractivity contribution is 7.66. The molecule has 4 heterocycles. The number of carboxylic acids is 1. The van der Waals surface area contributed by atoms with E-state index in [1.165, 1.54) is 65.4 Å². The van der Waals surface area contributed by atoms with Crippen molar-refractivity contribution in [1.82, 2.24) is 19.9 Å². The quantitative estimate of drug-likeness (QED) is 0.0483. The minimum Gasteiger partial charge on any atom is -0.508 e. The molecule has 4 atom stereocenters. The van der Waals surface area contributed by atoms with Crippen LogP contribution in [0.25, 0.3) is 44.5 Å². The van der Waals surface area contributed by atoms with Gasteiger partial charge in [0, 0.05) is 40.4 Å². The number of anilines is 1. The Morgan fingerprint density at radius 1 is 0.984 bits per heavy atom. The third kappa shape index (κ3) is 9.66. The summed E-state index contributed by atoms with van der Waals surface area (Å²) in [5.41, 5.74) is 5.82. The zero-order valence-electron chi connectivity index (χ0n) is 30.7. The second kappa shape index (κ2) is 16.5. The van der Waals surface area contributed by atoms with Crippen LogP contribution in [-0.2, 0) is 31.6 Å². The molecule has 318 valence electrons. The Labute approximate surface area is 340 Å². The average Bonchev–Trinajstić information content (AvgIpc) is 3.77. The number of H-pyrrole nitrogens is 1. The van der Waals surface area contributed by atoms with Gasteiger partial charge in [-0.3, -0.25) is 23.9 Å². The molecule has 1 aliphatic carbocycles. The first-order chi connectivity index (χ1) is 28.7. The molecule has 2 aliphatic heterocycles. The molecule has 3 aliphatic rings. The number of benzene rings is 3. The van der Waals surface area contributed by atoms with E-state index < -0.39 is 59.8 Å². The van der Waals surface area contributed by atoms with E-state index in [4.69, 9.17) is 24.7 Å². The summed E-state index contributed by atoms with van der Waals surface area (Å²) in [6.07, 6.45) is -0.0464. The van der Waals surface area contributed by atoms with Crippen molar-refractivity contribution in [3.05, 3.63) is 98.1 Å². The van der Waals surface area contributed by atoms with Crippen LogP contribution in [0.5, 0.6) is 5.75 Å². The highest BCUT2D eigenvalue weighted by atomic mass is 31.3. The molecule has 0 spiro atoms. The van der Waals surface area contributed by atoms with Gasteiger partial charge in [0.05, 0.1) is 35.8 Å². The maximum atomic E-state index is 13.3. The number of aromatic carboxylic acids is 1. The summed E-state index contributed by atoms with van der Waals surface area (Å²) in [5, 5.41) is 23.3. The molecule has 1 amide bonds. The van der Waals surface area contributed by atoms with Gasteiger partial charge in [-0.05, 0) is 54.8 Å². The fourth-order valence-corrected chi connectivity index (χ4v) is 9.63. The van der Waals surface area contributed by atoms with E-state index in [-0.39, 0.29) is 81.1 Å². The van der Waals surface area contributed by atoms with Gasteiger partial charge >= 0.3 is 29.4 Å². The van der Waals surface area contributed by atoms with Gasteiger partial charge in [0.15, 0.2) is 11.1 Å². The van der Waals surface area contributed by atoms with Gasteiger partial charge in [0.1, 0.15) is 23.3 Å². The highest BCUT2D eigenvalue weighted by Gasteiger charge is 2.41. The number of carboxylic acid groups (broad SMARTS) is 1. The van der Waals surface area contributed by atoms with E-state index in [9.17, 15) is 52.9 Å². The number of phosphoric acid groups is 3. The van der Waals surface area contributed by atoms with Crippen molar-refractivity contribution < 1.29 is 75.4 Å². The molecule has 1 saturated heterocycles. The smallest absolute Gasteiger partial charge is 0.490 e. The van der Waals surface area contributed by atoms with E-state index in [1.807, 2.05) is 0 Å². The van der Waals surface area contributed by atoms with Gasteiger partial charge in [0.25, 0.3) is 11.5 Å². The van der Waals surface area contributed by atoms with E-state index in [1.54, 1.807) is 0 Å². The third-order valence-corrected chi connectivity index (χ3v) is 12.8. The number of nitrogens with one attached hydrogen (secondary N) is 2. The number of ether oxygens (including phenoxy) is 1. The Morgan fingerprint density at radius 2 is 1.74 bits per heavy atom. The number of nitrogen functional groups attached to an aromatic ring is 1. The maximum absolute atomic E-state index is 13.3. The zero-order chi connectivity index (χ0) is 44.0. The summed E-state index contributed by atoms with van der Waals surface area (Å²) in [7, 11) is -16.7. The Morgan fingerprint density at radius 3 is 2.48 bits per heavy atom. The van der Waals surface area contributed by atoms with Crippen molar-refractivity contribution in [2.75, 3.05) is 18.9 Å². The van der Waals surface area contributed by atoms with Crippen LogP contribution in [0.4, 0.5) is 5.95 Å². The van der Waals surface area contributed by atoms with Crippen LogP contribution >= 0.6 is 23.5 Å². The van der Waals surface area contributed by atoms with Crippen LogP contribution in [0.15, 0.2) is 74.8 Å². The topological polar surface area (TPSA) is 363 Å². The largest absolute Gasteiger partial charge is 0.508 e. The summed E-state index contributed by atoms with van der Waals surface area (Å²) in [5.74, 6) is 3.22. The number of hydrogen-bond donors (Lipinski definition) is 9.